The van der Waals surface area contributed by atoms with Crippen LogP contribution in [0.3, 0.4) is 0 Å². The topological polar surface area (TPSA) is 97.2 Å². The first-order valence-corrected chi connectivity index (χ1v) is 13.4. The monoisotopic (exact) mass is 505 g/mol. The number of carbonyl (C=O) groups is 1. The predicted molar refractivity (Wildman–Crippen MR) is 141 cm³/mol. The molecule has 2 amide bonds. The van der Waals surface area contributed by atoms with Crippen molar-refractivity contribution in [1.82, 2.24) is 24.2 Å². The standard InChI is InChI=1S/C27H31N5O3S/c1-6-24-29-25-19(3)17-20(4)28-26(25)32(24)22-11-9-21(10-12-22)15-16-31(5)27(33)30-36(34,35)23-13-7-18(2)8-14-23/h7-14,17H,6,15-16H2,1-5H3,(H,30,33). The van der Waals surface area contributed by atoms with Crippen LogP contribution in [0.2, 0.25) is 0 Å². The highest BCUT2D eigenvalue weighted by atomic mass is 32.2. The molecule has 1 N–H and O–H groups in total. The Morgan fingerprint density at radius 3 is 2.31 bits per heavy atom. The Morgan fingerprint density at radius 1 is 1.00 bits per heavy atom. The molecule has 0 unspecified atom stereocenters. The van der Waals surface area contributed by atoms with Gasteiger partial charge in [-0.3, -0.25) is 4.57 Å². The first-order valence-electron chi connectivity index (χ1n) is 11.9. The number of urea groups is 1. The van der Waals surface area contributed by atoms with Crippen LogP contribution in [0.5, 0.6) is 0 Å². The van der Waals surface area contributed by atoms with E-state index in [1.807, 2.05) is 44.2 Å². The van der Waals surface area contributed by atoms with E-state index in [9.17, 15) is 13.2 Å². The van der Waals surface area contributed by atoms with Gasteiger partial charge in [0.1, 0.15) is 11.3 Å². The molecule has 9 heteroatoms. The van der Waals surface area contributed by atoms with Gasteiger partial charge >= 0.3 is 6.03 Å². The van der Waals surface area contributed by atoms with E-state index >= 15 is 0 Å². The smallest absolute Gasteiger partial charge is 0.327 e. The Morgan fingerprint density at radius 2 is 1.67 bits per heavy atom. The van der Waals surface area contributed by atoms with E-state index < -0.39 is 16.1 Å². The molecule has 0 saturated heterocycles. The number of benzene rings is 2. The average Bonchev–Trinajstić information content (AvgIpc) is 3.21. The molecule has 0 fully saturated rings. The third kappa shape index (κ3) is 5.26. The van der Waals surface area contributed by atoms with Gasteiger partial charge in [0.05, 0.1) is 4.90 Å². The lowest BCUT2D eigenvalue weighted by atomic mass is 10.1. The van der Waals surface area contributed by atoms with E-state index in [4.69, 9.17) is 9.97 Å². The summed E-state index contributed by atoms with van der Waals surface area (Å²) in [5, 5.41) is 0. The van der Waals surface area contributed by atoms with Crippen molar-refractivity contribution in [2.75, 3.05) is 13.6 Å². The number of aromatic nitrogens is 3. The molecule has 0 atom stereocenters. The number of pyridine rings is 1. The van der Waals surface area contributed by atoms with Gasteiger partial charge in [-0.1, -0.05) is 36.8 Å². The summed E-state index contributed by atoms with van der Waals surface area (Å²) in [4.78, 5) is 23.5. The summed E-state index contributed by atoms with van der Waals surface area (Å²) in [6.07, 6.45) is 1.36. The molecule has 0 aliphatic carbocycles. The van der Waals surface area contributed by atoms with E-state index in [1.165, 1.54) is 17.0 Å². The molecular weight excluding hydrogens is 474 g/mol. The molecule has 2 aromatic carbocycles. The lowest BCUT2D eigenvalue weighted by molar-refractivity contribution is 0.215. The number of likely N-dealkylation sites (N-methyl/N-ethyl adjacent to an activating group) is 1. The minimum atomic E-state index is -3.92. The highest BCUT2D eigenvalue weighted by molar-refractivity contribution is 7.90. The van der Waals surface area contributed by atoms with Crippen molar-refractivity contribution < 1.29 is 13.2 Å². The van der Waals surface area contributed by atoms with Crippen LogP contribution >= 0.6 is 0 Å². The second-order valence-corrected chi connectivity index (χ2v) is 10.7. The molecule has 0 radical (unpaired) electrons. The molecule has 8 nitrogen and oxygen atoms in total. The van der Waals surface area contributed by atoms with Crippen molar-refractivity contribution in [3.63, 3.8) is 0 Å². The number of amides is 2. The molecule has 36 heavy (non-hydrogen) atoms. The van der Waals surface area contributed by atoms with Crippen LogP contribution < -0.4 is 4.72 Å². The number of hydrogen-bond donors (Lipinski definition) is 1. The molecule has 0 aliphatic heterocycles. The lowest BCUT2D eigenvalue weighted by Gasteiger charge is -2.18. The van der Waals surface area contributed by atoms with Crippen LogP contribution in [-0.2, 0) is 22.9 Å². The van der Waals surface area contributed by atoms with Crippen molar-refractivity contribution in [3.05, 3.63) is 82.8 Å². The first-order chi connectivity index (χ1) is 17.1. The predicted octanol–water partition coefficient (Wildman–Crippen LogP) is 4.48. The van der Waals surface area contributed by atoms with Crippen molar-refractivity contribution in [2.45, 2.75) is 45.4 Å². The highest BCUT2D eigenvalue weighted by Crippen LogP contribution is 2.24. The summed E-state index contributed by atoms with van der Waals surface area (Å²) < 4.78 is 29.2. The molecule has 0 spiro atoms. The number of fused-ring (bicyclic) bond motifs is 1. The number of rotatable bonds is 7. The van der Waals surface area contributed by atoms with Crippen LogP contribution in [0.4, 0.5) is 4.79 Å². The number of carbonyl (C=O) groups excluding carboxylic acids is 1. The number of nitrogens with zero attached hydrogens (tertiary/aromatic N) is 4. The van der Waals surface area contributed by atoms with Gasteiger partial charge in [-0.25, -0.2) is 27.9 Å². The fourth-order valence-corrected chi connectivity index (χ4v) is 5.09. The summed E-state index contributed by atoms with van der Waals surface area (Å²) in [6.45, 7) is 8.35. The average molecular weight is 506 g/mol. The number of hydrogen-bond acceptors (Lipinski definition) is 5. The van der Waals surface area contributed by atoms with Gasteiger partial charge in [-0.05, 0) is 68.7 Å². The van der Waals surface area contributed by atoms with Crippen LogP contribution in [0.15, 0.2) is 59.5 Å². The van der Waals surface area contributed by atoms with Gasteiger partial charge in [0.15, 0.2) is 5.65 Å². The number of sulfonamides is 1. The van der Waals surface area contributed by atoms with E-state index in [-0.39, 0.29) is 4.90 Å². The third-order valence-electron chi connectivity index (χ3n) is 6.15. The minimum Gasteiger partial charge on any atom is -0.327 e. The van der Waals surface area contributed by atoms with Crippen LogP contribution in [0.25, 0.3) is 16.9 Å². The van der Waals surface area contributed by atoms with Gasteiger partial charge < -0.3 is 4.90 Å². The minimum absolute atomic E-state index is 0.0591. The number of imidazole rings is 1. The van der Waals surface area contributed by atoms with Crippen molar-refractivity contribution >= 4 is 27.2 Å². The maximum atomic E-state index is 12.5. The summed E-state index contributed by atoms with van der Waals surface area (Å²) in [7, 11) is -2.34. The van der Waals surface area contributed by atoms with Crippen LogP contribution in [0.1, 0.15) is 35.1 Å². The molecule has 188 valence electrons. The Kier molecular flexibility index (Phi) is 7.12. The maximum Gasteiger partial charge on any atom is 0.331 e. The Labute approximate surface area is 212 Å². The number of nitrogens with one attached hydrogen (secondary N) is 1. The van der Waals surface area contributed by atoms with Crippen molar-refractivity contribution in [3.8, 4) is 5.69 Å². The zero-order valence-electron chi connectivity index (χ0n) is 21.2. The zero-order valence-corrected chi connectivity index (χ0v) is 22.1. The number of aryl methyl sites for hydroxylation is 4. The molecule has 0 aliphatic rings. The normalized spacial score (nSPS) is 11.6. The SMILES string of the molecule is CCc1nc2c(C)cc(C)nc2n1-c1ccc(CCN(C)C(=O)NS(=O)(=O)c2ccc(C)cc2)cc1. The van der Waals surface area contributed by atoms with E-state index in [0.29, 0.717) is 13.0 Å². The summed E-state index contributed by atoms with van der Waals surface area (Å²) in [5.74, 6) is 0.949. The maximum absolute atomic E-state index is 12.5. The van der Waals surface area contributed by atoms with Crippen LogP contribution in [0, 0.1) is 20.8 Å². The zero-order chi connectivity index (χ0) is 26.0. The van der Waals surface area contributed by atoms with Gasteiger partial charge in [0, 0.05) is 31.4 Å². The fraction of sp³-hybridized carbons (Fsp3) is 0.296. The quantitative estimate of drug-likeness (QED) is 0.399. The highest BCUT2D eigenvalue weighted by Gasteiger charge is 2.20. The van der Waals surface area contributed by atoms with Crippen LogP contribution in [-0.4, -0.2) is 47.5 Å². The van der Waals surface area contributed by atoms with E-state index in [1.54, 1.807) is 19.2 Å². The van der Waals surface area contributed by atoms with Gasteiger partial charge in [-0.2, -0.15) is 0 Å². The second kappa shape index (κ2) is 10.1. The molecule has 2 heterocycles. The largest absolute Gasteiger partial charge is 0.331 e. The first kappa shape index (κ1) is 25.4. The lowest BCUT2D eigenvalue weighted by Crippen LogP contribution is -2.41. The molecule has 4 rings (SSSR count). The molecule has 0 saturated carbocycles. The molecular formula is C27H31N5O3S. The van der Waals surface area contributed by atoms with Gasteiger partial charge in [0.2, 0.25) is 0 Å². The Balaban J connectivity index is 1.44. The van der Waals surface area contributed by atoms with Gasteiger partial charge in [-0.15, -0.1) is 0 Å². The van der Waals surface area contributed by atoms with E-state index in [0.717, 1.165) is 51.5 Å². The second-order valence-electron chi connectivity index (χ2n) is 9.03. The van der Waals surface area contributed by atoms with E-state index in [2.05, 4.69) is 23.1 Å². The fourth-order valence-electron chi connectivity index (χ4n) is 4.09. The summed E-state index contributed by atoms with van der Waals surface area (Å²) >= 11 is 0. The Bertz CT molecular complexity index is 1510. The molecule has 4 aromatic rings. The van der Waals surface area contributed by atoms with Crippen molar-refractivity contribution in [2.24, 2.45) is 0 Å². The Hall–Kier alpha value is -3.72. The molecule has 0 bridgehead atoms. The van der Waals surface area contributed by atoms with Crippen molar-refractivity contribution in [1.29, 1.82) is 0 Å². The summed E-state index contributed by atoms with van der Waals surface area (Å²) in [6, 6.07) is 15.8. The summed E-state index contributed by atoms with van der Waals surface area (Å²) in [5.41, 5.74) is 6.77. The third-order valence-corrected chi connectivity index (χ3v) is 7.49. The van der Waals surface area contributed by atoms with Gasteiger partial charge in [0.25, 0.3) is 10.0 Å². The molecule has 2 aromatic heterocycles.